The summed E-state index contributed by atoms with van der Waals surface area (Å²) in [6.45, 7) is 3.11. The van der Waals surface area contributed by atoms with Gasteiger partial charge in [0.2, 0.25) is 0 Å². The van der Waals surface area contributed by atoms with Crippen LogP contribution < -0.4 is 0 Å². The monoisotopic (exact) mass is 171 g/mol. The smallest absolute Gasteiger partial charge is 0.169 e. The van der Waals surface area contributed by atoms with Crippen molar-refractivity contribution in [3.05, 3.63) is 16.1 Å². The van der Waals surface area contributed by atoms with E-state index in [0.29, 0.717) is 18.9 Å². The van der Waals surface area contributed by atoms with Crippen LogP contribution in [0.15, 0.2) is 5.38 Å². The molecule has 0 aliphatic heterocycles. The molecular formula is C7H9NO2S. The number of carbonyl (C=O) groups excluding carboxylic acids is 1. The van der Waals surface area contributed by atoms with Crippen molar-refractivity contribution in [2.45, 2.75) is 13.5 Å². The Morgan fingerprint density at radius 2 is 2.64 bits per heavy atom. The molecule has 0 bridgehead atoms. The molecule has 3 nitrogen and oxygen atoms in total. The molecule has 0 spiro atoms. The highest BCUT2D eigenvalue weighted by Crippen LogP contribution is 2.08. The number of ether oxygens (including phenoxy) is 1. The molecule has 0 aliphatic rings. The maximum absolute atomic E-state index is 10.2. The van der Waals surface area contributed by atoms with Gasteiger partial charge in [0, 0.05) is 12.0 Å². The molecule has 60 valence electrons. The summed E-state index contributed by atoms with van der Waals surface area (Å²) < 4.78 is 5.11. The van der Waals surface area contributed by atoms with Crippen molar-refractivity contribution in [3.63, 3.8) is 0 Å². The third-order valence-corrected chi connectivity index (χ3v) is 1.96. The second-order valence-corrected chi connectivity index (χ2v) is 2.86. The molecule has 0 aromatic carbocycles. The first-order valence-corrected chi connectivity index (χ1v) is 4.22. The zero-order valence-electron chi connectivity index (χ0n) is 6.24. The van der Waals surface area contributed by atoms with Gasteiger partial charge < -0.3 is 4.74 Å². The maximum atomic E-state index is 10.2. The van der Waals surface area contributed by atoms with E-state index < -0.39 is 0 Å². The minimum atomic E-state index is 0.490. The molecule has 11 heavy (non-hydrogen) atoms. The Morgan fingerprint density at radius 1 is 1.82 bits per heavy atom. The number of aromatic nitrogens is 1. The predicted molar refractivity (Wildman–Crippen MR) is 42.8 cm³/mol. The Balaban J connectivity index is 2.51. The van der Waals surface area contributed by atoms with Crippen molar-refractivity contribution in [3.8, 4) is 0 Å². The lowest BCUT2D eigenvalue weighted by Gasteiger charge is -1.93. The molecule has 0 fully saturated rings. The molecule has 0 amide bonds. The SMILES string of the molecule is CCOCc1nc(C=O)cs1. The molecular weight excluding hydrogens is 162 g/mol. The van der Waals surface area contributed by atoms with Gasteiger partial charge in [0.05, 0.1) is 6.61 Å². The third kappa shape index (κ3) is 2.40. The summed E-state index contributed by atoms with van der Waals surface area (Å²) in [5.41, 5.74) is 0.490. The fourth-order valence-electron chi connectivity index (χ4n) is 0.635. The normalized spacial score (nSPS) is 9.91. The third-order valence-electron chi connectivity index (χ3n) is 1.12. The summed E-state index contributed by atoms with van der Waals surface area (Å²) in [6.07, 6.45) is 0.742. The van der Waals surface area contributed by atoms with E-state index in [4.69, 9.17) is 4.74 Å². The molecule has 0 N–H and O–H groups in total. The van der Waals surface area contributed by atoms with Gasteiger partial charge in [-0.15, -0.1) is 11.3 Å². The number of thiazole rings is 1. The summed E-state index contributed by atoms with van der Waals surface area (Å²) in [4.78, 5) is 14.2. The standard InChI is InChI=1S/C7H9NO2S/c1-2-10-4-7-8-6(3-9)5-11-7/h3,5H,2,4H2,1H3. The van der Waals surface area contributed by atoms with E-state index in [0.717, 1.165) is 11.3 Å². The van der Waals surface area contributed by atoms with Gasteiger partial charge in [-0.05, 0) is 6.92 Å². The van der Waals surface area contributed by atoms with Crippen molar-refractivity contribution in [1.29, 1.82) is 0 Å². The molecule has 0 unspecified atom stereocenters. The molecule has 0 saturated carbocycles. The Bertz CT molecular complexity index is 234. The van der Waals surface area contributed by atoms with Crippen molar-refractivity contribution in [2.75, 3.05) is 6.61 Å². The number of carbonyl (C=O) groups is 1. The minimum absolute atomic E-state index is 0.490. The maximum Gasteiger partial charge on any atom is 0.169 e. The Hall–Kier alpha value is -0.740. The van der Waals surface area contributed by atoms with Crippen molar-refractivity contribution in [1.82, 2.24) is 4.98 Å². The largest absolute Gasteiger partial charge is 0.375 e. The Labute approximate surface area is 69.0 Å². The summed E-state index contributed by atoms with van der Waals surface area (Å²) in [6, 6.07) is 0. The first-order valence-electron chi connectivity index (χ1n) is 3.34. The lowest BCUT2D eigenvalue weighted by atomic mass is 10.6. The molecule has 0 radical (unpaired) electrons. The van der Waals surface area contributed by atoms with E-state index in [1.807, 2.05) is 6.92 Å². The van der Waals surface area contributed by atoms with Gasteiger partial charge >= 0.3 is 0 Å². The number of rotatable bonds is 4. The van der Waals surface area contributed by atoms with Crippen LogP contribution in [0.5, 0.6) is 0 Å². The van der Waals surface area contributed by atoms with Crippen LogP contribution in [0.4, 0.5) is 0 Å². The summed E-state index contributed by atoms with van der Waals surface area (Å²) >= 11 is 1.45. The fourth-order valence-corrected chi connectivity index (χ4v) is 1.31. The average molecular weight is 171 g/mol. The van der Waals surface area contributed by atoms with Gasteiger partial charge in [-0.3, -0.25) is 4.79 Å². The topological polar surface area (TPSA) is 39.2 Å². The van der Waals surface area contributed by atoms with Crippen LogP contribution in [0.2, 0.25) is 0 Å². The Kier molecular flexibility index (Phi) is 3.19. The molecule has 0 atom stereocenters. The van der Waals surface area contributed by atoms with Crippen LogP contribution in [0.25, 0.3) is 0 Å². The van der Waals surface area contributed by atoms with Gasteiger partial charge in [0.15, 0.2) is 6.29 Å². The molecule has 1 aromatic heterocycles. The van der Waals surface area contributed by atoms with Gasteiger partial charge in [0.1, 0.15) is 10.7 Å². The van der Waals surface area contributed by atoms with Crippen molar-refractivity contribution >= 4 is 17.6 Å². The quantitative estimate of drug-likeness (QED) is 0.644. The second kappa shape index (κ2) is 4.20. The number of nitrogens with zero attached hydrogens (tertiary/aromatic N) is 1. The van der Waals surface area contributed by atoms with Crippen LogP contribution >= 0.6 is 11.3 Å². The van der Waals surface area contributed by atoms with Crippen LogP contribution in [-0.4, -0.2) is 17.9 Å². The molecule has 1 aromatic rings. The zero-order chi connectivity index (χ0) is 8.10. The highest BCUT2D eigenvalue weighted by molar-refractivity contribution is 7.09. The van der Waals surface area contributed by atoms with Gasteiger partial charge in [-0.1, -0.05) is 0 Å². The second-order valence-electron chi connectivity index (χ2n) is 1.92. The van der Waals surface area contributed by atoms with Crippen molar-refractivity contribution in [2.24, 2.45) is 0 Å². The lowest BCUT2D eigenvalue weighted by molar-refractivity contribution is 0.111. The first kappa shape index (κ1) is 8.36. The molecule has 0 aliphatic carbocycles. The van der Waals surface area contributed by atoms with E-state index in [9.17, 15) is 4.79 Å². The van der Waals surface area contributed by atoms with E-state index >= 15 is 0 Å². The van der Waals surface area contributed by atoms with E-state index in [-0.39, 0.29) is 0 Å². The van der Waals surface area contributed by atoms with Gasteiger partial charge in [-0.25, -0.2) is 4.98 Å². The number of hydrogen-bond acceptors (Lipinski definition) is 4. The van der Waals surface area contributed by atoms with Crippen LogP contribution in [0.1, 0.15) is 22.4 Å². The first-order chi connectivity index (χ1) is 5.36. The minimum Gasteiger partial charge on any atom is -0.375 e. The van der Waals surface area contributed by atoms with Crippen LogP contribution in [-0.2, 0) is 11.3 Å². The van der Waals surface area contributed by atoms with Gasteiger partial charge in [-0.2, -0.15) is 0 Å². The predicted octanol–water partition coefficient (Wildman–Crippen LogP) is 1.49. The van der Waals surface area contributed by atoms with E-state index in [1.54, 1.807) is 5.38 Å². The van der Waals surface area contributed by atoms with E-state index in [2.05, 4.69) is 4.98 Å². The molecule has 0 saturated heterocycles. The number of hydrogen-bond donors (Lipinski definition) is 0. The van der Waals surface area contributed by atoms with Gasteiger partial charge in [0.25, 0.3) is 0 Å². The molecule has 4 heteroatoms. The fraction of sp³-hybridized carbons (Fsp3) is 0.429. The summed E-state index contributed by atoms with van der Waals surface area (Å²) in [7, 11) is 0. The highest BCUT2D eigenvalue weighted by Gasteiger charge is 1.98. The van der Waals surface area contributed by atoms with E-state index in [1.165, 1.54) is 11.3 Å². The summed E-state index contributed by atoms with van der Waals surface area (Å²) in [5.74, 6) is 0. The molecule has 1 rings (SSSR count). The zero-order valence-corrected chi connectivity index (χ0v) is 7.06. The highest BCUT2D eigenvalue weighted by atomic mass is 32.1. The Morgan fingerprint density at radius 3 is 3.18 bits per heavy atom. The molecule has 1 heterocycles. The van der Waals surface area contributed by atoms with Crippen molar-refractivity contribution < 1.29 is 9.53 Å². The lowest BCUT2D eigenvalue weighted by Crippen LogP contribution is -1.91. The van der Waals surface area contributed by atoms with Crippen LogP contribution in [0, 0.1) is 0 Å². The summed E-state index contributed by atoms with van der Waals surface area (Å²) in [5, 5.41) is 2.58. The number of aldehydes is 1. The average Bonchev–Trinajstić information content (AvgIpc) is 2.48. The van der Waals surface area contributed by atoms with Crippen LogP contribution in [0.3, 0.4) is 0 Å².